The van der Waals surface area contributed by atoms with E-state index in [0.29, 0.717) is 23.8 Å². The molecule has 8 nitrogen and oxygen atoms in total. The molecule has 0 bridgehead atoms. The first-order valence-corrected chi connectivity index (χ1v) is 13.0. The van der Waals surface area contributed by atoms with Crippen LogP contribution in [0.15, 0.2) is 66.4 Å². The van der Waals surface area contributed by atoms with Gasteiger partial charge in [0, 0.05) is 54.9 Å². The monoisotopic (exact) mass is 498 g/mol. The number of nitrogens with zero attached hydrogens (tertiary/aromatic N) is 4. The minimum Gasteiger partial charge on any atom is -0.363 e. The van der Waals surface area contributed by atoms with Gasteiger partial charge in [0.25, 0.3) is 5.91 Å². The molecule has 2 amide bonds. The molecule has 1 atom stereocenters. The highest BCUT2D eigenvalue weighted by atomic mass is 32.1. The predicted molar refractivity (Wildman–Crippen MR) is 141 cm³/mol. The van der Waals surface area contributed by atoms with Gasteiger partial charge in [-0.15, -0.1) is 11.3 Å². The summed E-state index contributed by atoms with van der Waals surface area (Å²) in [5, 5.41) is 8.60. The molecule has 1 saturated heterocycles. The smallest absolute Gasteiger partial charge is 0.274 e. The second-order valence-corrected chi connectivity index (χ2v) is 10.0. The quantitative estimate of drug-likeness (QED) is 0.396. The molecular weight excluding hydrogens is 472 g/mol. The van der Waals surface area contributed by atoms with E-state index in [2.05, 4.69) is 32.7 Å². The van der Waals surface area contributed by atoms with E-state index in [4.69, 9.17) is 4.98 Å². The van der Waals surface area contributed by atoms with Crippen molar-refractivity contribution in [2.24, 2.45) is 0 Å². The Kier molecular flexibility index (Phi) is 5.98. The molecular formula is C27H26N6O2S. The lowest BCUT2D eigenvalue weighted by molar-refractivity contribution is -0.116. The lowest BCUT2D eigenvalue weighted by Gasteiger charge is -2.27. The molecule has 4 aromatic rings. The number of carbonyl (C=O) groups is 2. The fourth-order valence-electron chi connectivity index (χ4n) is 5.03. The number of anilines is 3. The Bertz CT molecular complexity index is 1410. The van der Waals surface area contributed by atoms with Crippen LogP contribution in [-0.4, -0.2) is 32.9 Å². The topological polar surface area (TPSA) is 92.2 Å². The Labute approximate surface area is 213 Å². The van der Waals surface area contributed by atoms with E-state index in [1.54, 1.807) is 12.4 Å². The van der Waals surface area contributed by atoms with E-state index in [-0.39, 0.29) is 17.9 Å². The number of rotatable bonds is 6. The van der Waals surface area contributed by atoms with Crippen molar-refractivity contribution in [2.45, 2.75) is 38.3 Å². The minimum atomic E-state index is -0.171. The third-order valence-corrected chi connectivity index (χ3v) is 7.59. The van der Waals surface area contributed by atoms with Crippen LogP contribution in [0.25, 0.3) is 0 Å². The van der Waals surface area contributed by atoms with Gasteiger partial charge in [-0.3, -0.25) is 19.9 Å². The maximum absolute atomic E-state index is 13.0. The largest absolute Gasteiger partial charge is 0.363 e. The SMILES string of the molecule is O=C1CCc2cc(N3CCCC3c3csc(NC(=O)c4cccn4Cc4ccncc4)n3)ccc2N1. The molecule has 0 spiro atoms. The Hall–Kier alpha value is -3.98. The Balaban J connectivity index is 1.16. The van der Waals surface area contributed by atoms with Crippen LogP contribution >= 0.6 is 11.3 Å². The number of hydrogen-bond acceptors (Lipinski definition) is 6. The maximum atomic E-state index is 13.0. The fourth-order valence-corrected chi connectivity index (χ4v) is 5.78. The van der Waals surface area contributed by atoms with Crippen LogP contribution in [0.1, 0.15) is 52.6 Å². The molecule has 0 radical (unpaired) electrons. The molecule has 1 fully saturated rings. The number of fused-ring (bicyclic) bond motifs is 1. The van der Waals surface area contributed by atoms with Crippen LogP contribution in [0.2, 0.25) is 0 Å². The molecule has 1 unspecified atom stereocenters. The average molecular weight is 499 g/mol. The number of aryl methyl sites for hydroxylation is 1. The lowest BCUT2D eigenvalue weighted by atomic mass is 10.0. The van der Waals surface area contributed by atoms with Gasteiger partial charge in [0.2, 0.25) is 5.91 Å². The summed E-state index contributed by atoms with van der Waals surface area (Å²) in [6, 6.07) is 14.0. The summed E-state index contributed by atoms with van der Waals surface area (Å²) in [7, 11) is 0. The molecule has 2 aliphatic heterocycles. The number of pyridine rings is 1. The first-order valence-electron chi connectivity index (χ1n) is 12.1. The van der Waals surface area contributed by atoms with Crippen molar-refractivity contribution in [1.82, 2.24) is 14.5 Å². The summed E-state index contributed by atoms with van der Waals surface area (Å²) in [6.45, 7) is 1.56. The highest BCUT2D eigenvalue weighted by molar-refractivity contribution is 7.14. The summed E-state index contributed by atoms with van der Waals surface area (Å²) in [4.78, 5) is 36.0. The van der Waals surface area contributed by atoms with Crippen LogP contribution in [-0.2, 0) is 17.8 Å². The average Bonchev–Trinajstić information content (AvgIpc) is 3.65. The Morgan fingerprint density at radius 2 is 2.06 bits per heavy atom. The van der Waals surface area contributed by atoms with Gasteiger partial charge in [-0.25, -0.2) is 4.98 Å². The van der Waals surface area contributed by atoms with Gasteiger partial charge in [-0.1, -0.05) is 0 Å². The van der Waals surface area contributed by atoms with Crippen molar-refractivity contribution >= 4 is 39.7 Å². The summed E-state index contributed by atoms with van der Waals surface area (Å²) in [5.41, 5.74) is 5.90. The second-order valence-electron chi connectivity index (χ2n) is 9.15. The fraction of sp³-hybridized carbons (Fsp3) is 0.259. The number of nitrogens with one attached hydrogen (secondary N) is 2. The maximum Gasteiger partial charge on any atom is 0.274 e. The Morgan fingerprint density at radius 1 is 1.17 bits per heavy atom. The third kappa shape index (κ3) is 4.49. The van der Waals surface area contributed by atoms with E-state index in [0.717, 1.165) is 48.4 Å². The van der Waals surface area contributed by atoms with Gasteiger partial charge < -0.3 is 14.8 Å². The molecule has 182 valence electrons. The number of aromatic nitrogens is 3. The molecule has 3 aromatic heterocycles. The predicted octanol–water partition coefficient (Wildman–Crippen LogP) is 4.87. The summed E-state index contributed by atoms with van der Waals surface area (Å²) in [5.74, 6) is -0.0917. The zero-order valence-corrected chi connectivity index (χ0v) is 20.5. The minimum absolute atomic E-state index is 0.0796. The highest BCUT2D eigenvalue weighted by Crippen LogP contribution is 2.39. The molecule has 36 heavy (non-hydrogen) atoms. The standard InChI is InChI=1S/C27H26N6O2S/c34-25-8-5-19-15-20(6-7-21(19)29-25)33-14-2-3-23(33)22-17-36-27(30-22)31-26(35)24-4-1-13-32(24)16-18-9-11-28-12-10-18/h1,4,6-7,9-13,15,17,23H,2-3,5,8,14,16H2,(H,29,34)(H,30,31,35). The molecule has 0 saturated carbocycles. The molecule has 1 aromatic carbocycles. The zero-order chi connectivity index (χ0) is 24.5. The van der Waals surface area contributed by atoms with Gasteiger partial charge in [0.15, 0.2) is 5.13 Å². The van der Waals surface area contributed by atoms with Crippen LogP contribution in [0.5, 0.6) is 0 Å². The number of hydrogen-bond donors (Lipinski definition) is 2. The number of carbonyl (C=O) groups excluding carboxylic acids is 2. The van der Waals surface area contributed by atoms with Crippen LogP contribution in [0.3, 0.4) is 0 Å². The molecule has 6 rings (SSSR count). The number of amides is 2. The second kappa shape index (κ2) is 9.58. The molecule has 9 heteroatoms. The van der Waals surface area contributed by atoms with E-state index in [1.165, 1.54) is 16.9 Å². The van der Waals surface area contributed by atoms with Crippen molar-refractivity contribution in [1.29, 1.82) is 0 Å². The van der Waals surface area contributed by atoms with Gasteiger partial charge >= 0.3 is 0 Å². The first-order chi connectivity index (χ1) is 17.6. The van der Waals surface area contributed by atoms with Crippen molar-refractivity contribution in [3.05, 3.63) is 88.9 Å². The van der Waals surface area contributed by atoms with Crippen LogP contribution in [0.4, 0.5) is 16.5 Å². The van der Waals surface area contributed by atoms with Gasteiger partial charge in [0.1, 0.15) is 5.69 Å². The van der Waals surface area contributed by atoms with E-state index in [9.17, 15) is 9.59 Å². The first kappa shape index (κ1) is 22.5. The van der Waals surface area contributed by atoms with Crippen molar-refractivity contribution in [2.75, 3.05) is 22.1 Å². The van der Waals surface area contributed by atoms with Crippen LogP contribution < -0.4 is 15.5 Å². The van der Waals surface area contributed by atoms with Gasteiger partial charge in [-0.2, -0.15) is 0 Å². The number of benzene rings is 1. The van der Waals surface area contributed by atoms with E-state index >= 15 is 0 Å². The Morgan fingerprint density at radius 3 is 2.94 bits per heavy atom. The normalized spacial score (nSPS) is 17.1. The van der Waals surface area contributed by atoms with Crippen molar-refractivity contribution < 1.29 is 9.59 Å². The molecule has 2 aliphatic rings. The lowest BCUT2D eigenvalue weighted by Crippen LogP contribution is -2.24. The molecule has 5 heterocycles. The van der Waals surface area contributed by atoms with Crippen LogP contribution in [0, 0.1) is 0 Å². The summed E-state index contributed by atoms with van der Waals surface area (Å²) < 4.78 is 1.93. The van der Waals surface area contributed by atoms with E-state index < -0.39 is 0 Å². The highest BCUT2D eigenvalue weighted by Gasteiger charge is 2.29. The van der Waals surface area contributed by atoms with E-state index in [1.807, 2.05) is 46.5 Å². The molecule has 0 aliphatic carbocycles. The third-order valence-electron chi connectivity index (χ3n) is 6.82. The van der Waals surface area contributed by atoms with Gasteiger partial charge in [-0.05, 0) is 72.9 Å². The number of thiazole rings is 1. The van der Waals surface area contributed by atoms with Crippen molar-refractivity contribution in [3.63, 3.8) is 0 Å². The summed E-state index contributed by atoms with van der Waals surface area (Å²) >= 11 is 1.46. The summed E-state index contributed by atoms with van der Waals surface area (Å²) in [6.07, 6.45) is 8.81. The zero-order valence-electron chi connectivity index (χ0n) is 19.7. The van der Waals surface area contributed by atoms with Gasteiger partial charge in [0.05, 0.1) is 11.7 Å². The molecule has 2 N–H and O–H groups in total. The van der Waals surface area contributed by atoms with Crippen molar-refractivity contribution in [3.8, 4) is 0 Å².